The van der Waals surface area contributed by atoms with Gasteiger partial charge in [-0.05, 0) is 32.9 Å². The average Bonchev–Trinajstić information content (AvgIpc) is 2.87. The Morgan fingerprint density at radius 3 is 2.81 bits per heavy atom. The van der Waals surface area contributed by atoms with Crippen LogP contribution >= 0.6 is 0 Å². The summed E-state index contributed by atoms with van der Waals surface area (Å²) in [6.07, 6.45) is 6.73. The second-order valence-electron chi connectivity index (χ2n) is 4.81. The summed E-state index contributed by atoms with van der Waals surface area (Å²) in [5.41, 5.74) is 1.26. The first kappa shape index (κ1) is 11.6. The molecular formula is C12H22N4. The van der Waals surface area contributed by atoms with Gasteiger partial charge in [-0.1, -0.05) is 0 Å². The fraction of sp³-hybridized carbons (Fsp3) is 0.750. The Bertz CT molecular complexity index is 315. The zero-order valence-electron chi connectivity index (χ0n) is 10.3. The van der Waals surface area contributed by atoms with Crippen molar-refractivity contribution >= 4 is 0 Å². The molecule has 16 heavy (non-hydrogen) atoms. The molecule has 90 valence electrons. The van der Waals surface area contributed by atoms with E-state index in [1.807, 2.05) is 17.9 Å². The van der Waals surface area contributed by atoms with Gasteiger partial charge < -0.3 is 10.2 Å². The molecule has 4 heteroatoms. The van der Waals surface area contributed by atoms with Gasteiger partial charge in [0.15, 0.2) is 0 Å². The van der Waals surface area contributed by atoms with Crippen molar-refractivity contribution in [2.45, 2.75) is 32.4 Å². The van der Waals surface area contributed by atoms with Crippen molar-refractivity contribution in [3.63, 3.8) is 0 Å². The van der Waals surface area contributed by atoms with E-state index in [1.54, 1.807) is 0 Å². The Morgan fingerprint density at radius 1 is 1.44 bits per heavy atom. The summed E-state index contributed by atoms with van der Waals surface area (Å²) in [6.45, 7) is 6.90. The number of aromatic nitrogens is 2. The molecule has 0 aliphatic carbocycles. The first-order valence-electron chi connectivity index (χ1n) is 6.17. The van der Waals surface area contributed by atoms with E-state index < -0.39 is 0 Å². The summed E-state index contributed by atoms with van der Waals surface area (Å²) in [5, 5.41) is 7.71. The molecule has 0 amide bonds. The van der Waals surface area contributed by atoms with Crippen molar-refractivity contribution in [3.05, 3.63) is 18.0 Å². The Hall–Kier alpha value is -0.870. The largest absolute Gasteiger partial charge is 0.309 e. The van der Waals surface area contributed by atoms with Crippen LogP contribution in [0.3, 0.4) is 0 Å². The second kappa shape index (κ2) is 5.46. The van der Waals surface area contributed by atoms with Crippen molar-refractivity contribution in [2.75, 3.05) is 19.6 Å². The minimum atomic E-state index is 0.554. The van der Waals surface area contributed by atoms with E-state index in [0.717, 1.165) is 6.54 Å². The molecule has 1 aliphatic heterocycles. The highest BCUT2D eigenvalue weighted by atomic mass is 15.2. The molecule has 1 fully saturated rings. The maximum atomic E-state index is 4.16. The van der Waals surface area contributed by atoms with Gasteiger partial charge in [0.05, 0.1) is 6.20 Å². The van der Waals surface area contributed by atoms with Crippen LogP contribution in [0, 0.1) is 0 Å². The Labute approximate surface area is 97.6 Å². The molecule has 1 aromatic rings. The normalized spacial score (nSPS) is 19.1. The Morgan fingerprint density at radius 2 is 2.19 bits per heavy atom. The standard InChI is InChI=1S/C12H22N4/c1-11(9-16-5-3-4-6-16)13-7-12-8-14-15(2)10-12/h8,10-11,13H,3-7,9H2,1-2H3. The first-order valence-corrected chi connectivity index (χ1v) is 6.17. The van der Waals surface area contributed by atoms with Gasteiger partial charge in [0, 0.05) is 37.9 Å². The van der Waals surface area contributed by atoms with Crippen LogP contribution in [-0.2, 0) is 13.6 Å². The summed E-state index contributed by atoms with van der Waals surface area (Å²) < 4.78 is 1.85. The van der Waals surface area contributed by atoms with Crippen LogP contribution in [0.5, 0.6) is 0 Å². The number of aryl methyl sites for hydroxylation is 1. The molecule has 2 rings (SSSR count). The van der Waals surface area contributed by atoms with E-state index in [2.05, 4.69) is 28.4 Å². The van der Waals surface area contributed by atoms with Crippen LogP contribution in [0.2, 0.25) is 0 Å². The zero-order chi connectivity index (χ0) is 11.4. The van der Waals surface area contributed by atoms with E-state index in [0.29, 0.717) is 6.04 Å². The fourth-order valence-electron chi connectivity index (χ4n) is 2.27. The van der Waals surface area contributed by atoms with E-state index >= 15 is 0 Å². The highest BCUT2D eigenvalue weighted by molar-refractivity contribution is 5.03. The van der Waals surface area contributed by atoms with Gasteiger partial charge in [0.2, 0.25) is 0 Å². The molecule has 1 saturated heterocycles. The van der Waals surface area contributed by atoms with Crippen molar-refractivity contribution in [3.8, 4) is 0 Å². The SMILES string of the molecule is CC(CN1CCCC1)NCc1cnn(C)c1. The molecule has 0 radical (unpaired) electrons. The first-order chi connectivity index (χ1) is 7.74. The fourth-order valence-corrected chi connectivity index (χ4v) is 2.27. The van der Waals surface area contributed by atoms with Gasteiger partial charge in [-0.2, -0.15) is 5.10 Å². The molecule has 0 bridgehead atoms. The van der Waals surface area contributed by atoms with Gasteiger partial charge >= 0.3 is 0 Å². The highest BCUT2D eigenvalue weighted by Gasteiger charge is 2.14. The highest BCUT2D eigenvalue weighted by Crippen LogP contribution is 2.07. The Balaban J connectivity index is 1.68. The van der Waals surface area contributed by atoms with Crippen molar-refractivity contribution in [1.29, 1.82) is 0 Å². The predicted octanol–water partition coefficient (Wildman–Crippen LogP) is 0.994. The van der Waals surface area contributed by atoms with Gasteiger partial charge in [-0.25, -0.2) is 0 Å². The number of nitrogens with zero attached hydrogens (tertiary/aromatic N) is 3. The van der Waals surface area contributed by atoms with Crippen LogP contribution < -0.4 is 5.32 Å². The molecule has 0 spiro atoms. The van der Waals surface area contributed by atoms with Crippen LogP contribution in [0.25, 0.3) is 0 Å². The van der Waals surface area contributed by atoms with Gasteiger partial charge in [-0.15, -0.1) is 0 Å². The third-order valence-electron chi connectivity index (χ3n) is 3.14. The molecule has 0 aromatic carbocycles. The van der Waals surface area contributed by atoms with Crippen molar-refractivity contribution < 1.29 is 0 Å². The number of rotatable bonds is 5. The van der Waals surface area contributed by atoms with Crippen molar-refractivity contribution in [1.82, 2.24) is 20.0 Å². The summed E-state index contributed by atoms with van der Waals surface area (Å²) in [4.78, 5) is 2.54. The topological polar surface area (TPSA) is 33.1 Å². The quantitative estimate of drug-likeness (QED) is 0.806. The number of likely N-dealkylation sites (tertiary alicyclic amines) is 1. The number of hydrogen-bond acceptors (Lipinski definition) is 3. The third-order valence-corrected chi connectivity index (χ3v) is 3.14. The zero-order valence-corrected chi connectivity index (χ0v) is 10.3. The summed E-state index contributed by atoms with van der Waals surface area (Å²) in [6, 6.07) is 0.554. The van der Waals surface area contributed by atoms with Crippen LogP contribution in [0.4, 0.5) is 0 Å². The van der Waals surface area contributed by atoms with Crippen LogP contribution in [0.15, 0.2) is 12.4 Å². The average molecular weight is 222 g/mol. The van der Waals surface area contributed by atoms with Crippen LogP contribution in [0.1, 0.15) is 25.3 Å². The minimum absolute atomic E-state index is 0.554. The maximum Gasteiger partial charge on any atom is 0.0534 e. The van der Waals surface area contributed by atoms with Gasteiger partial charge in [0.25, 0.3) is 0 Å². The predicted molar refractivity (Wildman–Crippen MR) is 65.2 cm³/mol. The van der Waals surface area contributed by atoms with Crippen LogP contribution in [-0.4, -0.2) is 40.4 Å². The van der Waals surface area contributed by atoms with Gasteiger partial charge in [0.1, 0.15) is 0 Å². The lowest BCUT2D eigenvalue weighted by Gasteiger charge is -2.20. The maximum absolute atomic E-state index is 4.16. The molecular weight excluding hydrogens is 200 g/mol. The summed E-state index contributed by atoms with van der Waals surface area (Å²) >= 11 is 0. The molecule has 4 nitrogen and oxygen atoms in total. The number of hydrogen-bond donors (Lipinski definition) is 1. The monoisotopic (exact) mass is 222 g/mol. The van der Waals surface area contributed by atoms with E-state index in [9.17, 15) is 0 Å². The van der Waals surface area contributed by atoms with E-state index in [4.69, 9.17) is 0 Å². The lowest BCUT2D eigenvalue weighted by Crippen LogP contribution is -2.37. The molecule has 1 N–H and O–H groups in total. The van der Waals surface area contributed by atoms with E-state index in [-0.39, 0.29) is 0 Å². The molecule has 1 unspecified atom stereocenters. The van der Waals surface area contributed by atoms with Gasteiger partial charge in [-0.3, -0.25) is 4.68 Å². The summed E-state index contributed by atoms with van der Waals surface area (Å²) in [5.74, 6) is 0. The second-order valence-corrected chi connectivity index (χ2v) is 4.81. The molecule has 1 aromatic heterocycles. The summed E-state index contributed by atoms with van der Waals surface area (Å²) in [7, 11) is 1.96. The lowest BCUT2D eigenvalue weighted by atomic mass is 10.3. The molecule has 1 atom stereocenters. The smallest absolute Gasteiger partial charge is 0.0534 e. The number of nitrogens with one attached hydrogen (secondary N) is 1. The molecule has 1 aliphatic rings. The van der Waals surface area contributed by atoms with E-state index in [1.165, 1.54) is 38.0 Å². The minimum Gasteiger partial charge on any atom is -0.309 e. The lowest BCUT2D eigenvalue weighted by molar-refractivity contribution is 0.298. The van der Waals surface area contributed by atoms with Crippen molar-refractivity contribution in [2.24, 2.45) is 7.05 Å². The Kier molecular flexibility index (Phi) is 3.96. The molecule has 0 saturated carbocycles. The molecule has 2 heterocycles. The third kappa shape index (κ3) is 3.32.